The lowest BCUT2D eigenvalue weighted by Gasteiger charge is -2.42. The van der Waals surface area contributed by atoms with Crippen molar-refractivity contribution in [1.82, 2.24) is 14.5 Å². The van der Waals surface area contributed by atoms with Gasteiger partial charge in [-0.1, -0.05) is 6.42 Å². The Morgan fingerprint density at radius 2 is 2.09 bits per heavy atom. The maximum Gasteiger partial charge on any atom is 0.328 e. The third-order valence-electron chi connectivity index (χ3n) is 5.34. The molecule has 22 heavy (non-hydrogen) atoms. The molecule has 1 aromatic heterocycles. The Morgan fingerprint density at radius 1 is 1.32 bits per heavy atom. The Labute approximate surface area is 129 Å². The van der Waals surface area contributed by atoms with Gasteiger partial charge >= 0.3 is 5.69 Å². The smallest absolute Gasteiger partial charge is 0.328 e. The van der Waals surface area contributed by atoms with Gasteiger partial charge in [-0.25, -0.2) is 4.79 Å². The van der Waals surface area contributed by atoms with Gasteiger partial charge in [0.05, 0.1) is 6.10 Å². The Morgan fingerprint density at radius 3 is 2.77 bits per heavy atom. The number of aliphatic hydroxyl groups is 1. The van der Waals surface area contributed by atoms with Crippen molar-refractivity contribution in [3.8, 4) is 0 Å². The summed E-state index contributed by atoms with van der Waals surface area (Å²) in [6.07, 6.45) is 5.08. The molecule has 1 spiro atoms. The van der Waals surface area contributed by atoms with Crippen LogP contribution in [0, 0.1) is 12.3 Å². The average molecular weight is 307 g/mol. The number of rotatable bonds is 3. The third-order valence-corrected chi connectivity index (χ3v) is 5.34. The molecule has 0 amide bonds. The van der Waals surface area contributed by atoms with Gasteiger partial charge < -0.3 is 15.0 Å². The maximum absolute atomic E-state index is 11.9. The number of likely N-dealkylation sites (tertiary alicyclic amines) is 1. The Kier molecular flexibility index (Phi) is 4.23. The topological polar surface area (TPSA) is 78.3 Å². The number of hydrogen-bond acceptors (Lipinski definition) is 4. The molecule has 0 aromatic carbocycles. The van der Waals surface area contributed by atoms with Gasteiger partial charge in [-0.3, -0.25) is 9.36 Å². The van der Waals surface area contributed by atoms with E-state index >= 15 is 0 Å². The van der Waals surface area contributed by atoms with Gasteiger partial charge in [-0.05, 0) is 39.2 Å². The molecule has 2 atom stereocenters. The predicted molar refractivity (Wildman–Crippen MR) is 84.0 cm³/mol. The Bertz CT molecular complexity index is 620. The minimum atomic E-state index is -0.336. The predicted octanol–water partition coefficient (Wildman–Crippen LogP) is 0.472. The standard InChI is InChI=1S/C16H25N3O3/c1-12-10-14(21)19(15(22)17-12)9-8-18-7-3-6-16(11-18)5-2-4-13(16)20/h10,13,20H,2-9,11H2,1H3,(H,17,22)/t13-,16+/m1/s1. The summed E-state index contributed by atoms with van der Waals surface area (Å²) in [5.41, 5.74) is 0.0619. The minimum absolute atomic E-state index is 0.0446. The van der Waals surface area contributed by atoms with E-state index in [1.807, 2.05) is 0 Å². The van der Waals surface area contributed by atoms with Crippen LogP contribution in [0.5, 0.6) is 0 Å². The fourth-order valence-corrected chi connectivity index (χ4v) is 4.13. The fourth-order valence-electron chi connectivity index (χ4n) is 4.13. The van der Waals surface area contributed by atoms with E-state index in [-0.39, 0.29) is 22.8 Å². The molecule has 0 unspecified atom stereocenters. The SMILES string of the molecule is Cc1cc(=O)n(CCN2CCC[C@@]3(CCC[C@H]3O)C2)c(=O)[nH]1. The summed E-state index contributed by atoms with van der Waals surface area (Å²) in [7, 11) is 0. The number of aromatic amines is 1. The molecule has 2 fully saturated rings. The lowest BCUT2D eigenvalue weighted by molar-refractivity contribution is -0.0104. The van der Waals surface area contributed by atoms with Crippen LogP contribution in [-0.2, 0) is 6.54 Å². The van der Waals surface area contributed by atoms with Crippen molar-refractivity contribution in [1.29, 1.82) is 0 Å². The van der Waals surface area contributed by atoms with Crippen LogP contribution in [0.2, 0.25) is 0 Å². The summed E-state index contributed by atoms with van der Waals surface area (Å²) in [6, 6.07) is 1.46. The zero-order valence-corrected chi connectivity index (χ0v) is 13.2. The molecule has 1 aliphatic carbocycles. The van der Waals surface area contributed by atoms with Gasteiger partial charge in [0, 0.05) is 36.8 Å². The number of H-pyrrole nitrogens is 1. The average Bonchev–Trinajstić information content (AvgIpc) is 2.78. The Balaban J connectivity index is 1.67. The lowest BCUT2D eigenvalue weighted by atomic mass is 9.77. The first-order chi connectivity index (χ1) is 10.5. The summed E-state index contributed by atoms with van der Waals surface area (Å²) in [4.78, 5) is 28.8. The number of hydrogen-bond donors (Lipinski definition) is 2. The summed E-state index contributed by atoms with van der Waals surface area (Å²) < 4.78 is 1.26. The maximum atomic E-state index is 11.9. The van der Waals surface area contributed by atoms with E-state index in [1.165, 1.54) is 10.6 Å². The van der Waals surface area contributed by atoms with E-state index in [0.717, 1.165) is 45.2 Å². The number of aromatic nitrogens is 2. The van der Waals surface area contributed by atoms with Gasteiger partial charge in [-0.2, -0.15) is 0 Å². The molecule has 122 valence electrons. The summed E-state index contributed by atoms with van der Waals surface area (Å²) >= 11 is 0. The molecule has 6 heteroatoms. The number of nitrogens with one attached hydrogen (secondary N) is 1. The second-order valence-electron chi connectivity index (χ2n) is 6.90. The van der Waals surface area contributed by atoms with Crippen LogP contribution in [-0.4, -0.2) is 45.3 Å². The fraction of sp³-hybridized carbons (Fsp3) is 0.750. The molecule has 2 N–H and O–H groups in total. The van der Waals surface area contributed by atoms with E-state index < -0.39 is 0 Å². The summed E-state index contributed by atoms with van der Waals surface area (Å²) in [6.45, 7) is 4.66. The molecular formula is C16H25N3O3. The van der Waals surface area contributed by atoms with Crippen LogP contribution < -0.4 is 11.2 Å². The highest BCUT2D eigenvalue weighted by molar-refractivity contribution is 4.98. The first-order valence-electron chi connectivity index (χ1n) is 8.21. The van der Waals surface area contributed by atoms with Crippen molar-refractivity contribution in [2.24, 2.45) is 5.41 Å². The molecule has 2 aliphatic rings. The van der Waals surface area contributed by atoms with E-state index in [0.29, 0.717) is 18.8 Å². The highest BCUT2D eigenvalue weighted by atomic mass is 16.3. The van der Waals surface area contributed by atoms with Gasteiger partial charge in [0.15, 0.2) is 0 Å². The third kappa shape index (κ3) is 2.90. The largest absolute Gasteiger partial charge is 0.393 e. The molecule has 0 radical (unpaired) electrons. The molecule has 1 aliphatic heterocycles. The first-order valence-corrected chi connectivity index (χ1v) is 8.21. The number of aliphatic hydroxyl groups excluding tert-OH is 1. The van der Waals surface area contributed by atoms with E-state index in [4.69, 9.17) is 0 Å². The van der Waals surface area contributed by atoms with Crippen LogP contribution in [0.4, 0.5) is 0 Å². The molecule has 2 heterocycles. The molecule has 1 saturated heterocycles. The van der Waals surface area contributed by atoms with Crippen molar-refractivity contribution in [3.63, 3.8) is 0 Å². The van der Waals surface area contributed by atoms with Crippen molar-refractivity contribution in [3.05, 3.63) is 32.6 Å². The van der Waals surface area contributed by atoms with E-state index in [2.05, 4.69) is 9.88 Å². The monoisotopic (exact) mass is 307 g/mol. The van der Waals surface area contributed by atoms with E-state index in [9.17, 15) is 14.7 Å². The highest BCUT2D eigenvalue weighted by Gasteiger charge is 2.44. The normalized spacial score (nSPS) is 29.3. The molecule has 6 nitrogen and oxygen atoms in total. The number of nitrogens with zero attached hydrogens (tertiary/aromatic N) is 2. The van der Waals surface area contributed by atoms with Crippen molar-refractivity contribution >= 4 is 0 Å². The summed E-state index contributed by atoms with van der Waals surface area (Å²) in [5.74, 6) is 0. The minimum Gasteiger partial charge on any atom is -0.393 e. The zero-order valence-electron chi connectivity index (χ0n) is 13.2. The quantitative estimate of drug-likeness (QED) is 0.851. The number of piperidine rings is 1. The van der Waals surface area contributed by atoms with Crippen LogP contribution in [0.3, 0.4) is 0 Å². The molecule has 1 aromatic rings. The second kappa shape index (κ2) is 6.01. The van der Waals surface area contributed by atoms with Crippen molar-refractivity contribution < 1.29 is 5.11 Å². The van der Waals surface area contributed by atoms with Gasteiger partial charge in [0.25, 0.3) is 5.56 Å². The highest BCUT2D eigenvalue weighted by Crippen LogP contribution is 2.44. The Hall–Kier alpha value is -1.40. The second-order valence-corrected chi connectivity index (χ2v) is 6.90. The lowest BCUT2D eigenvalue weighted by Crippen LogP contribution is -2.49. The molecule has 3 rings (SSSR count). The van der Waals surface area contributed by atoms with Crippen molar-refractivity contribution in [2.45, 2.75) is 51.7 Å². The van der Waals surface area contributed by atoms with Gasteiger partial charge in [0.2, 0.25) is 0 Å². The first kappa shape index (κ1) is 15.5. The summed E-state index contributed by atoms with van der Waals surface area (Å²) in [5, 5.41) is 10.3. The van der Waals surface area contributed by atoms with Crippen molar-refractivity contribution in [2.75, 3.05) is 19.6 Å². The van der Waals surface area contributed by atoms with Gasteiger partial charge in [-0.15, -0.1) is 0 Å². The van der Waals surface area contributed by atoms with Crippen LogP contribution in [0.1, 0.15) is 37.8 Å². The number of aryl methyl sites for hydroxylation is 1. The zero-order chi connectivity index (χ0) is 15.7. The molecule has 1 saturated carbocycles. The van der Waals surface area contributed by atoms with Gasteiger partial charge in [0.1, 0.15) is 0 Å². The molecule has 0 bridgehead atoms. The van der Waals surface area contributed by atoms with E-state index in [1.54, 1.807) is 6.92 Å². The molecular weight excluding hydrogens is 282 g/mol. The van der Waals surface area contributed by atoms with Crippen LogP contribution >= 0.6 is 0 Å². The van der Waals surface area contributed by atoms with Crippen LogP contribution in [0.15, 0.2) is 15.7 Å². The van der Waals surface area contributed by atoms with Crippen LogP contribution in [0.25, 0.3) is 0 Å².